The van der Waals surface area contributed by atoms with E-state index in [1.807, 2.05) is 12.1 Å². The Bertz CT molecular complexity index is 752. The van der Waals surface area contributed by atoms with Crippen LogP contribution in [-0.4, -0.2) is 27.5 Å². The van der Waals surface area contributed by atoms with Crippen molar-refractivity contribution in [2.75, 3.05) is 6.61 Å². The van der Waals surface area contributed by atoms with Crippen LogP contribution in [0.1, 0.15) is 4.79 Å². The monoisotopic (exact) mass is 287 g/mol. The number of ether oxygens (including phenoxy) is 1. The smallest absolute Gasteiger partial charge is 0.286 e. The van der Waals surface area contributed by atoms with Crippen LogP contribution < -0.4 is 4.74 Å². The maximum atomic E-state index is 12.1. The normalized spacial score (nSPS) is 10.7. The Balaban J connectivity index is 1.75. The van der Waals surface area contributed by atoms with Gasteiger partial charge in [-0.3, -0.25) is 4.79 Å². The Kier molecular flexibility index (Phi) is 3.35. The molecule has 0 aliphatic carbocycles. The molecule has 0 saturated carbocycles. The molecule has 0 spiro atoms. The van der Waals surface area contributed by atoms with E-state index in [0.717, 1.165) is 0 Å². The van der Waals surface area contributed by atoms with Crippen molar-refractivity contribution in [2.24, 2.45) is 0 Å². The topological polar surface area (TPSA) is 57.0 Å². The van der Waals surface area contributed by atoms with Gasteiger partial charge in [-0.25, -0.2) is 0 Å². The van der Waals surface area contributed by atoms with Crippen LogP contribution in [0.5, 0.6) is 5.75 Å². The van der Waals surface area contributed by atoms with Crippen LogP contribution in [0, 0.1) is 0 Å². The number of carbonyl (C=O) groups is 1. The van der Waals surface area contributed by atoms with E-state index in [2.05, 4.69) is 10.3 Å². The van der Waals surface area contributed by atoms with E-state index >= 15 is 0 Å². The average molecular weight is 288 g/mol. The number of aromatic nitrogens is 3. The molecule has 0 bridgehead atoms. The van der Waals surface area contributed by atoms with E-state index in [1.165, 1.54) is 4.68 Å². The fraction of sp³-hybridized carbons (Fsp3) is 0.0714. The summed E-state index contributed by atoms with van der Waals surface area (Å²) in [6.45, 7) is -0.116. The van der Waals surface area contributed by atoms with Crippen LogP contribution in [0.4, 0.5) is 0 Å². The van der Waals surface area contributed by atoms with E-state index in [9.17, 15) is 4.79 Å². The van der Waals surface area contributed by atoms with Crippen LogP contribution in [0.3, 0.4) is 0 Å². The van der Waals surface area contributed by atoms with Gasteiger partial charge < -0.3 is 4.74 Å². The second-order valence-corrected chi connectivity index (χ2v) is 4.56. The quantitative estimate of drug-likeness (QED) is 0.743. The molecular formula is C14H10ClN3O2. The molecule has 1 aromatic heterocycles. The predicted octanol–water partition coefficient (Wildman–Crippen LogP) is 2.80. The molecule has 20 heavy (non-hydrogen) atoms. The van der Waals surface area contributed by atoms with Crippen molar-refractivity contribution in [1.82, 2.24) is 15.0 Å². The van der Waals surface area contributed by atoms with Gasteiger partial charge in [0.1, 0.15) is 11.3 Å². The van der Waals surface area contributed by atoms with Gasteiger partial charge >= 0.3 is 0 Å². The van der Waals surface area contributed by atoms with Crippen LogP contribution in [0.25, 0.3) is 11.0 Å². The van der Waals surface area contributed by atoms with Gasteiger partial charge in [-0.05, 0) is 36.4 Å². The first-order valence-electron chi connectivity index (χ1n) is 5.96. The summed E-state index contributed by atoms with van der Waals surface area (Å²) >= 11 is 5.78. The molecule has 3 aromatic rings. The molecule has 1 heterocycles. The zero-order valence-corrected chi connectivity index (χ0v) is 11.1. The number of hydrogen-bond acceptors (Lipinski definition) is 4. The fourth-order valence-corrected chi connectivity index (χ4v) is 1.92. The molecular weight excluding hydrogens is 278 g/mol. The highest BCUT2D eigenvalue weighted by Gasteiger charge is 2.12. The average Bonchev–Trinajstić information content (AvgIpc) is 2.90. The van der Waals surface area contributed by atoms with Gasteiger partial charge in [-0.15, -0.1) is 5.10 Å². The third-order valence-corrected chi connectivity index (χ3v) is 3.02. The van der Waals surface area contributed by atoms with Gasteiger partial charge in [0.05, 0.1) is 5.52 Å². The van der Waals surface area contributed by atoms with Gasteiger partial charge in [-0.1, -0.05) is 28.9 Å². The first-order chi connectivity index (χ1) is 9.74. The molecule has 2 aromatic carbocycles. The van der Waals surface area contributed by atoms with Crippen LogP contribution in [0.15, 0.2) is 48.5 Å². The molecule has 0 amide bonds. The minimum Gasteiger partial charge on any atom is -0.484 e. The fourth-order valence-electron chi connectivity index (χ4n) is 1.79. The highest BCUT2D eigenvalue weighted by Crippen LogP contribution is 2.16. The first-order valence-corrected chi connectivity index (χ1v) is 6.34. The Labute approximate surface area is 119 Å². The highest BCUT2D eigenvalue weighted by atomic mass is 35.5. The molecule has 0 unspecified atom stereocenters. The van der Waals surface area contributed by atoms with Crippen molar-refractivity contribution >= 4 is 28.5 Å². The van der Waals surface area contributed by atoms with E-state index in [-0.39, 0.29) is 12.5 Å². The molecule has 3 rings (SSSR count). The van der Waals surface area contributed by atoms with Crippen LogP contribution in [0.2, 0.25) is 5.02 Å². The number of halogens is 1. The molecule has 0 fully saturated rings. The SMILES string of the molecule is O=C(COc1ccc(Cl)cc1)n1nnc2ccccc21. The Morgan fingerprint density at radius 1 is 1.15 bits per heavy atom. The van der Waals surface area contributed by atoms with Crippen molar-refractivity contribution in [1.29, 1.82) is 0 Å². The molecule has 0 N–H and O–H groups in total. The first kappa shape index (κ1) is 12.6. The number of nitrogens with zero attached hydrogens (tertiary/aromatic N) is 3. The van der Waals surface area contributed by atoms with E-state index < -0.39 is 0 Å². The van der Waals surface area contributed by atoms with Gasteiger partial charge in [0, 0.05) is 5.02 Å². The lowest BCUT2D eigenvalue weighted by Crippen LogP contribution is -2.20. The number of hydrogen-bond donors (Lipinski definition) is 0. The number of fused-ring (bicyclic) bond motifs is 1. The van der Waals surface area contributed by atoms with Crippen molar-refractivity contribution in [3.63, 3.8) is 0 Å². The lowest BCUT2D eigenvalue weighted by molar-refractivity contribution is 0.0824. The van der Waals surface area contributed by atoms with E-state index in [1.54, 1.807) is 36.4 Å². The maximum Gasteiger partial charge on any atom is 0.286 e. The van der Waals surface area contributed by atoms with Crippen LogP contribution in [-0.2, 0) is 0 Å². The molecule has 0 saturated heterocycles. The van der Waals surface area contributed by atoms with Crippen LogP contribution >= 0.6 is 11.6 Å². The number of benzene rings is 2. The third kappa shape index (κ3) is 2.48. The molecule has 6 heteroatoms. The standard InChI is InChI=1S/C14H10ClN3O2/c15-10-5-7-11(8-6-10)20-9-14(19)18-13-4-2-1-3-12(13)16-17-18/h1-8H,9H2. The lowest BCUT2D eigenvalue weighted by Gasteiger charge is -2.05. The summed E-state index contributed by atoms with van der Waals surface area (Å²) in [5.41, 5.74) is 1.34. The minimum atomic E-state index is -0.284. The summed E-state index contributed by atoms with van der Waals surface area (Å²) in [6.07, 6.45) is 0. The summed E-state index contributed by atoms with van der Waals surface area (Å²) in [5, 5.41) is 8.38. The van der Waals surface area contributed by atoms with Gasteiger partial charge in [0.2, 0.25) is 0 Å². The van der Waals surface area contributed by atoms with Gasteiger partial charge in [0.25, 0.3) is 5.91 Å². The highest BCUT2D eigenvalue weighted by molar-refractivity contribution is 6.30. The van der Waals surface area contributed by atoms with Crippen molar-refractivity contribution in [2.45, 2.75) is 0 Å². The van der Waals surface area contributed by atoms with Gasteiger partial charge in [-0.2, -0.15) is 4.68 Å². The number of rotatable bonds is 3. The molecule has 0 radical (unpaired) electrons. The molecule has 0 atom stereocenters. The Morgan fingerprint density at radius 3 is 2.70 bits per heavy atom. The maximum absolute atomic E-state index is 12.1. The number of para-hydroxylation sites is 1. The van der Waals surface area contributed by atoms with E-state index in [4.69, 9.17) is 16.3 Å². The summed E-state index contributed by atoms with van der Waals surface area (Å²) in [6, 6.07) is 14.1. The predicted molar refractivity (Wildman–Crippen MR) is 75.1 cm³/mol. The summed E-state index contributed by atoms with van der Waals surface area (Å²) < 4.78 is 6.64. The number of carbonyl (C=O) groups excluding carboxylic acids is 1. The second kappa shape index (κ2) is 5.30. The minimum absolute atomic E-state index is 0.116. The van der Waals surface area contributed by atoms with E-state index in [0.29, 0.717) is 21.8 Å². The Morgan fingerprint density at radius 2 is 1.90 bits per heavy atom. The summed E-state index contributed by atoms with van der Waals surface area (Å²) in [5.74, 6) is 0.292. The Hall–Kier alpha value is -2.40. The summed E-state index contributed by atoms with van der Waals surface area (Å²) in [7, 11) is 0. The molecule has 100 valence electrons. The summed E-state index contributed by atoms with van der Waals surface area (Å²) in [4.78, 5) is 12.1. The zero-order chi connectivity index (χ0) is 13.9. The van der Waals surface area contributed by atoms with Crippen molar-refractivity contribution in [3.05, 3.63) is 53.6 Å². The third-order valence-electron chi connectivity index (χ3n) is 2.76. The zero-order valence-electron chi connectivity index (χ0n) is 10.4. The van der Waals surface area contributed by atoms with Crippen molar-refractivity contribution < 1.29 is 9.53 Å². The largest absolute Gasteiger partial charge is 0.484 e. The van der Waals surface area contributed by atoms with Crippen molar-refractivity contribution in [3.8, 4) is 5.75 Å². The molecule has 5 nitrogen and oxygen atoms in total. The second-order valence-electron chi connectivity index (χ2n) is 4.13. The lowest BCUT2D eigenvalue weighted by atomic mass is 10.3. The van der Waals surface area contributed by atoms with Gasteiger partial charge in [0.15, 0.2) is 6.61 Å². The molecule has 0 aliphatic rings. The molecule has 0 aliphatic heterocycles.